The van der Waals surface area contributed by atoms with E-state index < -0.39 is 11.9 Å². The molecule has 1 fully saturated rings. The second-order valence-corrected chi connectivity index (χ2v) is 5.88. The van der Waals surface area contributed by atoms with Crippen molar-refractivity contribution in [2.24, 2.45) is 5.41 Å². The predicted molar refractivity (Wildman–Crippen MR) is 73.6 cm³/mol. The van der Waals surface area contributed by atoms with Gasteiger partial charge in [0.05, 0.1) is 0 Å². The Morgan fingerprint density at radius 3 is 2.67 bits per heavy atom. The third kappa shape index (κ3) is 3.95. The Bertz CT molecular complexity index is 455. The smallest absolute Gasteiger partial charge is 0.396 e. The summed E-state index contributed by atoms with van der Waals surface area (Å²) in [6.45, 7) is 4.49. The average Bonchev–Trinajstić information content (AvgIpc) is 2.47. The van der Waals surface area contributed by atoms with Crippen LogP contribution in [-0.4, -0.2) is 34.7 Å². The van der Waals surface area contributed by atoms with E-state index in [0.717, 1.165) is 44.0 Å². The van der Waals surface area contributed by atoms with Crippen molar-refractivity contribution in [1.29, 1.82) is 0 Å². The number of likely N-dealkylation sites (tertiary alicyclic amines) is 1. The fourth-order valence-corrected chi connectivity index (χ4v) is 2.92. The zero-order valence-electron chi connectivity index (χ0n) is 12.2. The Kier molecular flexibility index (Phi) is 4.88. The maximum absolute atomic E-state index is 12.5. The highest BCUT2D eigenvalue weighted by Crippen LogP contribution is 2.33. The number of aliphatic hydroxyl groups is 1. The van der Waals surface area contributed by atoms with Gasteiger partial charge in [-0.3, -0.25) is 9.88 Å². The van der Waals surface area contributed by atoms with Gasteiger partial charge >= 0.3 is 6.18 Å². The van der Waals surface area contributed by atoms with Gasteiger partial charge in [0.1, 0.15) is 5.69 Å². The van der Waals surface area contributed by atoms with Crippen molar-refractivity contribution in [1.82, 2.24) is 9.88 Å². The standard InChI is InChI=1S/C15H21F3N2O/c1-2-14(11-21)6-3-7-20(10-14)9-12-4-5-13(19-8-12)15(16,17)18/h4-5,8,21H,2-3,6-7,9-11H2,1H3. The molecule has 0 saturated carbocycles. The lowest BCUT2D eigenvalue weighted by atomic mass is 9.78. The van der Waals surface area contributed by atoms with Crippen molar-refractivity contribution in [3.8, 4) is 0 Å². The summed E-state index contributed by atoms with van der Waals surface area (Å²) in [5.41, 5.74) is -0.159. The first-order valence-corrected chi connectivity index (χ1v) is 7.24. The molecule has 1 aliphatic rings. The lowest BCUT2D eigenvalue weighted by Gasteiger charge is -2.41. The normalized spacial score (nSPS) is 24.2. The number of halogens is 3. The lowest BCUT2D eigenvalue weighted by Crippen LogP contribution is -2.44. The fraction of sp³-hybridized carbons (Fsp3) is 0.667. The van der Waals surface area contributed by atoms with E-state index in [9.17, 15) is 18.3 Å². The summed E-state index contributed by atoms with van der Waals surface area (Å²) in [7, 11) is 0. The minimum Gasteiger partial charge on any atom is -0.396 e. The minimum atomic E-state index is -4.39. The Morgan fingerprint density at radius 1 is 1.38 bits per heavy atom. The van der Waals surface area contributed by atoms with Gasteiger partial charge in [-0.1, -0.05) is 13.0 Å². The van der Waals surface area contributed by atoms with Gasteiger partial charge in [-0.05, 0) is 37.4 Å². The van der Waals surface area contributed by atoms with Crippen LogP contribution in [-0.2, 0) is 12.7 Å². The molecule has 0 spiro atoms. The Morgan fingerprint density at radius 2 is 2.14 bits per heavy atom. The lowest BCUT2D eigenvalue weighted by molar-refractivity contribution is -0.141. The summed E-state index contributed by atoms with van der Waals surface area (Å²) in [5, 5.41) is 9.59. The molecular formula is C15H21F3N2O. The number of hydrogen-bond donors (Lipinski definition) is 1. The first-order valence-electron chi connectivity index (χ1n) is 7.24. The van der Waals surface area contributed by atoms with Crippen LogP contribution in [0.2, 0.25) is 0 Å². The molecule has 0 bridgehead atoms. The molecule has 3 nitrogen and oxygen atoms in total. The van der Waals surface area contributed by atoms with Gasteiger partial charge in [0.2, 0.25) is 0 Å². The maximum atomic E-state index is 12.5. The van der Waals surface area contributed by atoms with Crippen molar-refractivity contribution in [3.05, 3.63) is 29.6 Å². The summed E-state index contributed by atoms with van der Waals surface area (Å²) in [6, 6.07) is 2.51. The second kappa shape index (κ2) is 6.32. The third-order valence-electron chi connectivity index (χ3n) is 4.35. The molecule has 118 valence electrons. The average molecular weight is 302 g/mol. The van der Waals surface area contributed by atoms with Crippen molar-refractivity contribution in [2.75, 3.05) is 19.7 Å². The van der Waals surface area contributed by atoms with Crippen LogP contribution in [0, 0.1) is 5.41 Å². The fourth-order valence-electron chi connectivity index (χ4n) is 2.92. The van der Waals surface area contributed by atoms with E-state index in [1.54, 1.807) is 0 Å². The highest BCUT2D eigenvalue weighted by atomic mass is 19.4. The largest absolute Gasteiger partial charge is 0.433 e. The number of nitrogens with zero attached hydrogens (tertiary/aromatic N) is 2. The van der Waals surface area contributed by atoms with E-state index in [0.29, 0.717) is 6.54 Å². The van der Waals surface area contributed by atoms with Gasteiger partial charge < -0.3 is 5.11 Å². The molecule has 6 heteroatoms. The molecule has 2 rings (SSSR count). The summed E-state index contributed by atoms with van der Waals surface area (Å²) >= 11 is 0. The molecule has 0 amide bonds. The zero-order valence-corrected chi connectivity index (χ0v) is 12.2. The van der Waals surface area contributed by atoms with E-state index in [4.69, 9.17) is 0 Å². The van der Waals surface area contributed by atoms with Crippen LogP contribution in [0.1, 0.15) is 37.4 Å². The van der Waals surface area contributed by atoms with E-state index in [1.807, 2.05) is 0 Å². The molecule has 1 N–H and O–H groups in total. The molecule has 1 aliphatic heterocycles. The van der Waals surface area contributed by atoms with Crippen LogP contribution in [0.15, 0.2) is 18.3 Å². The second-order valence-electron chi connectivity index (χ2n) is 5.88. The van der Waals surface area contributed by atoms with Crippen molar-refractivity contribution >= 4 is 0 Å². The van der Waals surface area contributed by atoms with Gasteiger partial charge in [-0.25, -0.2) is 0 Å². The number of aromatic nitrogens is 1. The minimum absolute atomic E-state index is 0.0718. The molecule has 0 aliphatic carbocycles. The van der Waals surface area contributed by atoms with Gasteiger partial charge in [-0.15, -0.1) is 0 Å². The zero-order chi connectivity index (χ0) is 15.5. The maximum Gasteiger partial charge on any atom is 0.433 e. The Hall–Kier alpha value is -1.14. The number of hydrogen-bond acceptors (Lipinski definition) is 3. The molecule has 1 atom stereocenters. The highest BCUT2D eigenvalue weighted by molar-refractivity contribution is 5.16. The third-order valence-corrected chi connectivity index (χ3v) is 4.35. The van der Waals surface area contributed by atoms with Gasteiger partial charge in [0.15, 0.2) is 0 Å². The van der Waals surface area contributed by atoms with Gasteiger partial charge in [-0.2, -0.15) is 13.2 Å². The number of aliphatic hydroxyl groups excluding tert-OH is 1. The van der Waals surface area contributed by atoms with Crippen LogP contribution in [0.25, 0.3) is 0 Å². The first-order chi connectivity index (χ1) is 9.88. The molecular weight excluding hydrogens is 281 g/mol. The van der Waals surface area contributed by atoms with Crippen LogP contribution in [0.4, 0.5) is 13.2 Å². The van der Waals surface area contributed by atoms with Crippen LogP contribution in [0.5, 0.6) is 0 Å². The molecule has 0 radical (unpaired) electrons. The SMILES string of the molecule is CCC1(CO)CCCN(Cc2ccc(C(F)(F)F)nc2)C1. The van der Waals surface area contributed by atoms with Crippen molar-refractivity contribution < 1.29 is 18.3 Å². The number of alkyl halides is 3. The monoisotopic (exact) mass is 302 g/mol. The molecule has 1 aromatic heterocycles. The Labute approximate surface area is 122 Å². The molecule has 1 aromatic rings. The van der Waals surface area contributed by atoms with E-state index in [-0.39, 0.29) is 12.0 Å². The molecule has 1 unspecified atom stereocenters. The summed E-state index contributed by atoms with van der Waals surface area (Å²) in [5.74, 6) is 0. The van der Waals surface area contributed by atoms with Crippen LogP contribution in [0.3, 0.4) is 0 Å². The highest BCUT2D eigenvalue weighted by Gasteiger charge is 2.34. The molecule has 1 saturated heterocycles. The van der Waals surface area contributed by atoms with E-state index >= 15 is 0 Å². The summed E-state index contributed by atoms with van der Waals surface area (Å²) < 4.78 is 37.4. The topological polar surface area (TPSA) is 36.4 Å². The molecule has 21 heavy (non-hydrogen) atoms. The van der Waals surface area contributed by atoms with Gasteiger partial charge in [0.25, 0.3) is 0 Å². The van der Waals surface area contributed by atoms with E-state index in [1.165, 1.54) is 12.3 Å². The predicted octanol–water partition coefficient (Wildman–Crippen LogP) is 3.08. The van der Waals surface area contributed by atoms with Gasteiger partial charge in [0, 0.05) is 31.3 Å². The summed E-state index contributed by atoms with van der Waals surface area (Å²) in [6.07, 6.45) is -0.183. The van der Waals surface area contributed by atoms with E-state index in [2.05, 4.69) is 16.8 Å². The molecule has 0 aromatic carbocycles. The Balaban J connectivity index is 2.01. The number of piperidine rings is 1. The van der Waals surface area contributed by atoms with Crippen molar-refractivity contribution in [3.63, 3.8) is 0 Å². The van der Waals surface area contributed by atoms with Crippen LogP contribution >= 0.6 is 0 Å². The quantitative estimate of drug-likeness (QED) is 0.928. The van der Waals surface area contributed by atoms with Crippen LogP contribution < -0.4 is 0 Å². The van der Waals surface area contributed by atoms with Crippen molar-refractivity contribution in [2.45, 2.75) is 38.9 Å². The number of rotatable bonds is 4. The molecule has 2 heterocycles. The summed E-state index contributed by atoms with van der Waals surface area (Å²) in [4.78, 5) is 5.68. The number of pyridine rings is 1. The first kappa shape index (κ1) is 16.2.